The first-order chi connectivity index (χ1) is 4.88. The number of aryl methyl sites for hydroxylation is 1. The van der Waals surface area contributed by atoms with Gasteiger partial charge in [-0.15, -0.1) is 0 Å². The molecule has 0 saturated carbocycles. The van der Waals surface area contributed by atoms with Gasteiger partial charge in [0.05, 0.1) is 5.69 Å². The largest absolute Gasteiger partial charge is 0.280 e. The molecule has 0 fully saturated rings. The van der Waals surface area contributed by atoms with E-state index in [9.17, 15) is 0 Å². The van der Waals surface area contributed by atoms with Gasteiger partial charge in [-0.1, -0.05) is 0 Å². The Labute approximate surface area is 58.1 Å². The van der Waals surface area contributed by atoms with Crippen LogP contribution in [0.15, 0.2) is 18.3 Å². The molecule has 3 heteroatoms. The number of pyridine rings is 1. The molecule has 2 aromatic rings. The maximum Gasteiger partial charge on any atom is 0.111 e. The first-order valence-corrected chi connectivity index (χ1v) is 3.13. The summed E-state index contributed by atoms with van der Waals surface area (Å²) < 4.78 is 0. The fourth-order valence-corrected chi connectivity index (χ4v) is 0.973. The van der Waals surface area contributed by atoms with Gasteiger partial charge in [-0.05, 0) is 19.1 Å². The summed E-state index contributed by atoms with van der Waals surface area (Å²) in [6.07, 6.45) is 1.77. The normalized spacial score (nSPS) is 10.5. The fraction of sp³-hybridized carbons (Fsp3) is 0.143. The van der Waals surface area contributed by atoms with E-state index in [1.807, 2.05) is 19.1 Å². The lowest BCUT2D eigenvalue weighted by Crippen LogP contribution is -1.73. The second kappa shape index (κ2) is 1.80. The molecule has 0 aliphatic heterocycles. The molecule has 3 nitrogen and oxygen atoms in total. The van der Waals surface area contributed by atoms with Crippen molar-refractivity contribution in [2.75, 3.05) is 0 Å². The Balaban J connectivity index is 2.93. The lowest BCUT2D eigenvalue weighted by atomic mass is 10.3. The number of nitrogens with one attached hydrogen (secondary N) is 1. The molecule has 0 aromatic carbocycles. The predicted molar refractivity (Wildman–Crippen MR) is 38.6 cm³/mol. The Hall–Kier alpha value is -1.38. The summed E-state index contributed by atoms with van der Waals surface area (Å²) in [4.78, 5) is 4.15. The zero-order valence-electron chi connectivity index (χ0n) is 5.63. The molecule has 2 heterocycles. The van der Waals surface area contributed by atoms with Gasteiger partial charge in [0.2, 0.25) is 0 Å². The highest BCUT2D eigenvalue weighted by molar-refractivity contribution is 5.75. The molecular weight excluding hydrogens is 126 g/mol. The third-order valence-electron chi connectivity index (χ3n) is 1.49. The van der Waals surface area contributed by atoms with Crippen LogP contribution in [0.3, 0.4) is 0 Å². The van der Waals surface area contributed by atoms with E-state index in [0.29, 0.717) is 0 Å². The van der Waals surface area contributed by atoms with E-state index >= 15 is 0 Å². The highest BCUT2D eigenvalue weighted by atomic mass is 15.1. The molecule has 0 unspecified atom stereocenters. The quantitative estimate of drug-likeness (QED) is 0.588. The van der Waals surface area contributed by atoms with E-state index < -0.39 is 0 Å². The van der Waals surface area contributed by atoms with E-state index in [1.165, 1.54) is 0 Å². The first kappa shape index (κ1) is 5.41. The van der Waals surface area contributed by atoms with Crippen LogP contribution < -0.4 is 0 Å². The maximum atomic E-state index is 4.15. The maximum absolute atomic E-state index is 4.15. The van der Waals surface area contributed by atoms with Crippen LogP contribution in [0.2, 0.25) is 0 Å². The molecule has 0 spiro atoms. The molecule has 50 valence electrons. The van der Waals surface area contributed by atoms with Gasteiger partial charge in [-0.25, -0.2) is 0 Å². The van der Waals surface area contributed by atoms with Gasteiger partial charge in [0.25, 0.3) is 0 Å². The summed E-state index contributed by atoms with van der Waals surface area (Å²) in [6.45, 7) is 1.96. The smallest absolute Gasteiger partial charge is 0.111 e. The van der Waals surface area contributed by atoms with Gasteiger partial charge < -0.3 is 0 Å². The number of nitrogens with zero attached hydrogens (tertiary/aromatic N) is 2. The molecule has 1 N–H and O–H groups in total. The van der Waals surface area contributed by atoms with Crippen LogP contribution in [0.4, 0.5) is 0 Å². The zero-order valence-corrected chi connectivity index (χ0v) is 5.63. The number of aromatic amines is 1. The molecule has 2 aromatic heterocycles. The average Bonchev–Trinajstić information content (AvgIpc) is 2.34. The number of hydrogen-bond donors (Lipinski definition) is 1. The van der Waals surface area contributed by atoms with E-state index in [2.05, 4.69) is 15.2 Å². The van der Waals surface area contributed by atoms with Gasteiger partial charge in [0.15, 0.2) is 0 Å². The summed E-state index contributed by atoms with van der Waals surface area (Å²) >= 11 is 0. The molecule has 10 heavy (non-hydrogen) atoms. The minimum atomic E-state index is 0.931. The number of fused-ring (bicyclic) bond motifs is 1. The van der Waals surface area contributed by atoms with Gasteiger partial charge in [0, 0.05) is 6.20 Å². The number of hydrogen-bond acceptors (Lipinski definition) is 2. The summed E-state index contributed by atoms with van der Waals surface area (Å²) in [5, 5.41) is 6.89. The minimum absolute atomic E-state index is 0.931. The topological polar surface area (TPSA) is 41.6 Å². The molecule has 0 aliphatic carbocycles. The summed E-state index contributed by atoms with van der Waals surface area (Å²) in [7, 11) is 0. The van der Waals surface area contributed by atoms with Crippen molar-refractivity contribution in [1.82, 2.24) is 15.2 Å². The van der Waals surface area contributed by atoms with Gasteiger partial charge in [0.1, 0.15) is 11.0 Å². The van der Waals surface area contributed by atoms with Crippen LogP contribution in [0.25, 0.3) is 11.0 Å². The van der Waals surface area contributed by atoms with Crippen molar-refractivity contribution in [2.24, 2.45) is 0 Å². The SMILES string of the molecule is Cc1[nH]nc2cccnc12. The minimum Gasteiger partial charge on any atom is -0.280 e. The number of rotatable bonds is 0. The molecule has 0 atom stereocenters. The molecule has 0 radical (unpaired) electrons. The van der Waals surface area contributed by atoms with Crippen molar-refractivity contribution in [1.29, 1.82) is 0 Å². The fourth-order valence-electron chi connectivity index (χ4n) is 0.973. The van der Waals surface area contributed by atoms with Crippen molar-refractivity contribution in [2.45, 2.75) is 6.92 Å². The van der Waals surface area contributed by atoms with Crippen LogP contribution in [0.5, 0.6) is 0 Å². The number of H-pyrrole nitrogens is 1. The Kier molecular flexibility index (Phi) is 0.974. The van der Waals surface area contributed by atoms with Gasteiger partial charge >= 0.3 is 0 Å². The molecule has 2 rings (SSSR count). The van der Waals surface area contributed by atoms with Crippen molar-refractivity contribution in [3.05, 3.63) is 24.0 Å². The highest BCUT2D eigenvalue weighted by Gasteiger charge is 1.98. The Morgan fingerprint density at radius 3 is 3.20 bits per heavy atom. The van der Waals surface area contributed by atoms with Crippen LogP contribution in [-0.4, -0.2) is 15.2 Å². The predicted octanol–water partition coefficient (Wildman–Crippen LogP) is 1.27. The zero-order chi connectivity index (χ0) is 6.97. The van der Waals surface area contributed by atoms with Crippen molar-refractivity contribution < 1.29 is 0 Å². The lowest BCUT2D eigenvalue weighted by molar-refractivity contribution is 1.07. The van der Waals surface area contributed by atoms with Gasteiger partial charge in [-0.3, -0.25) is 10.1 Å². The van der Waals surface area contributed by atoms with Crippen LogP contribution in [0, 0.1) is 6.92 Å². The van der Waals surface area contributed by atoms with E-state index in [4.69, 9.17) is 0 Å². The summed E-state index contributed by atoms with van der Waals surface area (Å²) in [5.41, 5.74) is 2.91. The second-order valence-electron chi connectivity index (χ2n) is 2.22. The molecule has 0 saturated heterocycles. The van der Waals surface area contributed by atoms with E-state index in [0.717, 1.165) is 16.7 Å². The second-order valence-corrected chi connectivity index (χ2v) is 2.22. The van der Waals surface area contributed by atoms with E-state index in [1.54, 1.807) is 6.20 Å². The Morgan fingerprint density at radius 2 is 2.40 bits per heavy atom. The molecule has 0 aliphatic rings. The Morgan fingerprint density at radius 1 is 1.50 bits per heavy atom. The van der Waals surface area contributed by atoms with Gasteiger partial charge in [-0.2, -0.15) is 5.10 Å². The van der Waals surface area contributed by atoms with Crippen molar-refractivity contribution >= 4 is 11.0 Å². The van der Waals surface area contributed by atoms with Crippen molar-refractivity contribution in [3.63, 3.8) is 0 Å². The Bertz CT molecular complexity index is 350. The summed E-state index contributed by atoms with van der Waals surface area (Å²) in [5.74, 6) is 0. The first-order valence-electron chi connectivity index (χ1n) is 3.13. The van der Waals surface area contributed by atoms with E-state index in [-0.39, 0.29) is 0 Å². The summed E-state index contributed by atoms with van der Waals surface area (Å²) in [6, 6.07) is 3.81. The third kappa shape index (κ3) is 0.603. The molecular formula is C7H7N3. The standard InChI is InChI=1S/C7H7N3/c1-5-7-6(10-9-5)3-2-4-8-7/h2-4H,1H3,(H,9,10). The highest BCUT2D eigenvalue weighted by Crippen LogP contribution is 2.09. The van der Waals surface area contributed by atoms with Crippen molar-refractivity contribution in [3.8, 4) is 0 Å². The third-order valence-corrected chi connectivity index (χ3v) is 1.49. The number of aromatic nitrogens is 3. The monoisotopic (exact) mass is 133 g/mol. The molecule has 0 bridgehead atoms. The van der Waals surface area contributed by atoms with Crippen LogP contribution in [0.1, 0.15) is 5.69 Å². The van der Waals surface area contributed by atoms with Crippen LogP contribution >= 0.6 is 0 Å². The lowest BCUT2D eigenvalue weighted by Gasteiger charge is -1.83. The average molecular weight is 133 g/mol. The molecule has 0 amide bonds. The van der Waals surface area contributed by atoms with Crippen LogP contribution in [-0.2, 0) is 0 Å².